The number of fused-ring (bicyclic) bond motifs is 1. The molecule has 2 atom stereocenters. The molecule has 7 nitrogen and oxygen atoms in total. The van der Waals surface area contributed by atoms with Crippen molar-refractivity contribution in [1.82, 2.24) is 10.2 Å². The number of carbonyl (C=O) groups excluding carboxylic acids is 3. The number of benzene rings is 1. The van der Waals surface area contributed by atoms with Gasteiger partial charge >= 0.3 is 0 Å². The van der Waals surface area contributed by atoms with E-state index in [-0.39, 0.29) is 29.6 Å². The number of methoxy groups -OCH3 is 1. The van der Waals surface area contributed by atoms with Crippen molar-refractivity contribution in [2.75, 3.05) is 20.3 Å². The Morgan fingerprint density at radius 2 is 2.10 bits per heavy atom. The second kappa shape index (κ2) is 9.39. The van der Waals surface area contributed by atoms with Crippen LogP contribution in [0.4, 0.5) is 4.79 Å². The fourth-order valence-corrected chi connectivity index (χ4v) is 5.47. The van der Waals surface area contributed by atoms with E-state index in [1.807, 2.05) is 6.07 Å². The third-order valence-electron chi connectivity index (χ3n) is 6.20. The summed E-state index contributed by atoms with van der Waals surface area (Å²) in [5.74, 6) is 0.773. The molecule has 1 saturated carbocycles. The van der Waals surface area contributed by atoms with Gasteiger partial charge in [0.05, 0.1) is 12.6 Å². The van der Waals surface area contributed by atoms with Crippen molar-refractivity contribution in [3.05, 3.63) is 29.3 Å². The molecule has 1 aromatic carbocycles. The van der Waals surface area contributed by atoms with Crippen LogP contribution in [0, 0.1) is 5.92 Å². The molecule has 3 aliphatic rings. The third-order valence-corrected chi connectivity index (χ3v) is 7.19. The fourth-order valence-electron chi connectivity index (χ4n) is 4.66. The van der Waals surface area contributed by atoms with Gasteiger partial charge in [-0.15, -0.1) is 0 Å². The lowest BCUT2D eigenvalue weighted by molar-refractivity contribution is -0.133. The molecular weight excluding hydrogens is 404 g/mol. The number of amides is 3. The summed E-state index contributed by atoms with van der Waals surface area (Å²) in [6.45, 7) is 1.28. The Kier molecular flexibility index (Phi) is 6.63. The summed E-state index contributed by atoms with van der Waals surface area (Å²) < 4.78 is 11.8. The van der Waals surface area contributed by atoms with Gasteiger partial charge in [-0.1, -0.05) is 37.1 Å². The first-order valence-corrected chi connectivity index (χ1v) is 11.5. The molecule has 0 unspecified atom stereocenters. The molecule has 2 heterocycles. The summed E-state index contributed by atoms with van der Waals surface area (Å²) in [7, 11) is 1.77. The second-order valence-corrected chi connectivity index (χ2v) is 9.35. The number of rotatable bonds is 5. The molecule has 0 radical (unpaired) electrons. The zero-order valence-corrected chi connectivity index (χ0v) is 18.0. The van der Waals surface area contributed by atoms with E-state index < -0.39 is 5.25 Å². The molecule has 162 valence electrons. The van der Waals surface area contributed by atoms with Crippen LogP contribution in [0.3, 0.4) is 0 Å². The van der Waals surface area contributed by atoms with Gasteiger partial charge in [0, 0.05) is 25.6 Å². The van der Waals surface area contributed by atoms with E-state index in [9.17, 15) is 14.4 Å². The predicted molar refractivity (Wildman–Crippen MR) is 113 cm³/mol. The van der Waals surface area contributed by atoms with Crippen molar-refractivity contribution in [3.63, 3.8) is 0 Å². The Labute approximate surface area is 180 Å². The molecule has 2 aliphatic heterocycles. The highest BCUT2D eigenvalue weighted by molar-refractivity contribution is 8.15. The molecule has 30 heavy (non-hydrogen) atoms. The fraction of sp³-hybridized carbons (Fsp3) is 0.591. The Hall–Kier alpha value is -2.06. The molecule has 1 saturated heterocycles. The number of carbonyl (C=O) groups is 3. The number of nitrogens with zero attached hydrogens (tertiary/aromatic N) is 1. The van der Waals surface area contributed by atoms with Gasteiger partial charge in [-0.2, -0.15) is 0 Å². The van der Waals surface area contributed by atoms with Crippen LogP contribution in [0.1, 0.15) is 55.8 Å². The average Bonchev–Trinajstić information content (AvgIpc) is 2.93. The standard InChI is InChI=1S/C22H28N2O5S/c1-28-20(14-5-3-2-4-6-14)15-7-8-17-16(11-15)13-24(9-10-29-17)19(25)12-18-21(26)23-22(27)30-18/h7-8,11,14,18,20H,2-6,9-10,12-13H2,1H3,(H,23,26,27)/t18-,20-/m0/s1. The van der Waals surface area contributed by atoms with E-state index in [1.54, 1.807) is 12.0 Å². The van der Waals surface area contributed by atoms with Gasteiger partial charge in [0.15, 0.2) is 0 Å². The number of hydrogen-bond acceptors (Lipinski definition) is 6. The van der Waals surface area contributed by atoms with Gasteiger partial charge in [0.1, 0.15) is 17.6 Å². The Morgan fingerprint density at radius 3 is 2.80 bits per heavy atom. The molecule has 0 spiro atoms. The van der Waals surface area contributed by atoms with E-state index >= 15 is 0 Å². The summed E-state index contributed by atoms with van der Waals surface area (Å²) in [4.78, 5) is 37.7. The quantitative estimate of drug-likeness (QED) is 0.768. The van der Waals surface area contributed by atoms with Crippen molar-refractivity contribution in [1.29, 1.82) is 0 Å². The Balaban J connectivity index is 1.48. The van der Waals surface area contributed by atoms with Crippen molar-refractivity contribution in [3.8, 4) is 5.75 Å². The van der Waals surface area contributed by atoms with Crippen LogP contribution < -0.4 is 10.1 Å². The normalized spacial score (nSPS) is 23.4. The first-order valence-electron chi connectivity index (χ1n) is 10.6. The summed E-state index contributed by atoms with van der Waals surface area (Å²) in [6.07, 6.45) is 6.21. The maximum atomic E-state index is 12.8. The summed E-state index contributed by atoms with van der Waals surface area (Å²) in [5, 5.41) is 1.20. The van der Waals surface area contributed by atoms with Crippen molar-refractivity contribution in [2.24, 2.45) is 5.92 Å². The van der Waals surface area contributed by atoms with Gasteiger partial charge < -0.3 is 14.4 Å². The van der Waals surface area contributed by atoms with Crippen LogP contribution >= 0.6 is 11.8 Å². The van der Waals surface area contributed by atoms with E-state index in [2.05, 4.69) is 17.4 Å². The largest absolute Gasteiger partial charge is 0.491 e. The highest BCUT2D eigenvalue weighted by atomic mass is 32.2. The minimum Gasteiger partial charge on any atom is -0.491 e. The minimum atomic E-state index is -0.649. The van der Waals surface area contributed by atoms with Crippen LogP contribution in [0.15, 0.2) is 18.2 Å². The lowest BCUT2D eigenvalue weighted by Crippen LogP contribution is -2.36. The van der Waals surface area contributed by atoms with Crippen molar-refractivity contribution < 1.29 is 23.9 Å². The van der Waals surface area contributed by atoms with Crippen LogP contribution in [0.5, 0.6) is 5.75 Å². The molecule has 0 bridgehead atoms. The number of ether oxygens (including phenoxy) is 2. The highest BCUT2D eigenvalue weighted by Crippen LogP contribution is 2.38. The third kappa shape index (κ3) is 4.64. The second-order valence-electron chi connectivity index (χ2n) is 8.17. The van der Waals surface area contributed by atoms with Crippen LogP contribution in [-0.4, -0.2) is 47.5 Å². The van der Waals surface area contributed by atoms with Gasteiger partial charge in [0.25, 0.3) is 5.24 Å². The maximum absolute atomic E-state index is 12.8. The molecule has 4 rings (SSSR count). The summed E-state index contributed by atoms with van der Waals surface area (Å²) >= 11 is 0.887. The zero-order chi connectivity index (χ0) is 21.1. The molecule has 1 N–H and O–H groups in total. The molecule has 3 amide bonds. The van der Waals surface area contributed by atoms with E-state index in [4.69, 9.17) is 9.47 Å². The van der Waals surface area contributed by atoms with Crippen LogP contribution in [0.25, 0.3) is 0 Å². The van der Waals surface area contributed by atoms with Crippen molar-refractivity contribution >= 4 is 28.8 Å². The Morgan fingerprint density at radius 1 is 1.30 bits per heavy atom. The van der Waals surface area contributed by atoms with Gasteiger partial charge in [-0.05, 0) is 36.5 Å². The number of thioether (sulfide) groups is 1. The first kappa shape index (κ1) is 21.2. The first-order chi connectivity index (χ1) is 14.5. The lowest BCUT2D eigenvalue weighted by atomic mass is 9.82. The molecule has 1 aromatic rings. The van der Waals surface area contributed by atoms with E-state index in [0.29, 0.717) is 25.6 Å². The van der Waals surface area contributed by atoms with E-state index in [0.717, 1.165) is 28.6 Å². The van der Waals surface area contributed by atoms with E-state index in [1.165, 1.54) is 32.1 Å². The molecule has 0 aromatic heterocycles. The van der Waals surface area contributed by atoms with Gasteiger partial charge in [0.2, 0.25) is 11.8 Å². The molecular formula is C22H28N2O5S. The number of hydrogen-bond donors (Lipinski definition) is 1. The highest BCUT2D eigenvalue weighted by Gasteiger charge is 2.35. The van der Waals surface area contributed by atoms with Gasteiger partial charge in [-0.3, -0.25) is 19.7 Å². The molecule has 2 fully saturated rings. The number of imide groups is 1. The number of nitrogens with one attached hydrogen (secondary N) is 1. The average molecular weight is 433 g/mol. The molecule has 8 heteroatoms. The summed E-state index contributed by atoms with van der Waals surface area (Å²) in [5.41, 5.74) is 2.08. The van der Waals surface area contributed by atoms with Crippen molar-refractivity contribution in [2.45, 2.75) is 56.4 Å². The monoisotopic (exact) mass is 432 g/mol. The topological polar surface area (TPSA) is 84.9 Å². The smallest absolute Gasteiger partial charge is 0.286 e. The summed E-state index contributed by atoms with van der Waals surface area (Å²) in [6, 6.07) is 6.15. The van der Waals surface area contributed by atoms with Crippen LogP contribution in [-0.2, 0) is 20.9 Å². The maximum Gasteiger partial charge on any atom is 0.286 e. The lowest BCUT2D eigenvalue weighted by Gasteiger charge is -2.30. The Bertz CT molecular complexity index is 824. The molecule has 1 aliphatic carbocycles. The minimum absolute atomic E-state index is 0.0139. The predicted octanol–water partition coefficient (Wildman–Crippen LogP) is 3.42. The van der Waals surface area contributed by atoms with Gasteiger partial charge in [-0.25, -0.2) is 0 Å². The SMILES string of the molecule is CO[C@H](c1ccc2c(c1)CN(C(=O)C[C@@H]1SC(=O)NC1=O)CCO2)C1CCCCC1. The zero-order valence-electron chi connectivity index (χ0n) is 17.2. The van der Waals surface area contributed by atoms with Crippen LogP contribution in [0.2, 0.25) is 0 Å².